The van der Waals surface area contributed by atoms with E-state index in [1.807, 2.05) is 36.4 Å². The van der Waals surface area contributed by atoms with Gasteiger partial charge in [-0.1, -0.05) is 35.3 Å². The number of carbonyl (C=O) groups is 1. The van der Waals surface area contributed by atoms with Crippen molar-refractivity contribution in [3.8, 4) is 0 Å². The molecular formula is C22H21Cl2N3O2S2. The van der Waals surface area contributed by atoms with Crippen molar-refractivity contribution < 1.29 is 9.53 Å². The van der Waals surface area contributed by atoms with Crippen LogP contribution in [0.3, 0.4) is 0 Å². The lowest BCUT2D eigenvalue weighted by molar-refractivity contribution is 0.0606. The molecule has 1 aliphatic heterocycles. The van der Waals surface area contributed by atoms with Gasteiger partial charge in [0.2, 0.25) is 0 Å². The monoisotopic (exact) mass is 493 g/mol. The molecule has 0 spiro atoms. The highest BCUT2D eigenvalue weighted by atomic mass is 35.5. The Kier molecular flexibility index (Phi) is 6.99. The first-order valence-electron chi connectivity index (χ1n) is 9.77. The topological polar surface area (TPSA) is 44.8 Å². The quantitative estimate of drug-likeness (QED) is 0.381. The van der Waals surface area contributed by atoms with Crippen molar-refractivity contribution in [3.63, 3.8) is 0 Å². The fourth-order valence-electron chi connectivity index (χ4n) is 3.57. The molecule has 2 heterocycles. The van der Waals surface area contributed by atoms with Crippen LogP contribution in [0.4, 0.5) is 5.69 Å². The van der Waals surface area contributed by atoms with E-state index in [1.165, 1.54) is 24.0 Å². The molecule has 0 aliphatic carbocycles. The SMILES string of the molecule is COC(=O)c1sc2cc(NC(=S)N3CCN(Cc4cccc(Cl)c4)CC3)ccc2c1Cl. The van der Waals surface area contributed by atoms with Crippen molar-refractivity contribution in [1.29, 1.82) is 0 Å². The van der Waals surface area contributed by atoms with Crippen molar-refractivity contribution >= 4 is 73.6 Å². The van der Waals surface area contributed by atoms with Gasteiger partial charge in [0.05, 0.1) is 12.1 Å². The van der Waals surface area contributed by atoms with Crippen molar-refractivity contribution in [2.45, 2.75) is 6.54 Å². The summed E-state index contributed by atoms with van der Waals surface area (Å²) in [4.78, 5) is 16.9. The Hall–Kier alpha value is -1.90. The van der Waals surface area contributed by atoms with Crippen LogP contribution >= 0.6 is 46.8 Å². The first-order chi connectivity index (χ1) is 14.9. The number of thiophene rings is 1. The highest BCUT2D eigenvalue weighted by molar-refractivity contribution is 7.80. The fraction of sp³-hybridized carbons (Fsp3) is 0.273. The molecule has 0 bridgehead atoms. The molecule has 0 unspecified atom stereocenters. The zero-order valence-corrected chi connectivity index (χ0v) is 20.0. The second-order valence-corrected chi connectivity index (χ2v) is 9.52. The molecule has 0 atom stereocenters. The molecule has 1 aliphatic rings. The van der Waals surface area contributed by atoms with Crippen LogP contribution in [0.25, 0.3) is 10.1 Å². The van der Waals surface area contributed by atoms with Gasteiger partial charge in [-0.15, -0.1) is 11.3 Å². The lowest BCUT2D eigenvalue weighted by Gasteiger charge is -2.36. The fourth-order valence-corrected chi connectivity index (χ4v) is 5.55. The molecule has 4 rings (SSSR count). The zero-order valence-electron chi connectivity index (χ0n) is 16.9. The molecule has 0 radical (unpaired) electrons. The minimum atomic E-state index is -0.424. The third-order valence-electron chi connectivity index (χ3n) is 5.21. The molecule has 162 valence electrons. The molecular weight excluding hydrogens is 473 g/mol. The number of piperazine rings is 1. The number of ether oxygens (including phenoxy) is 1. The molecule has 9 heteroatoms. The summed E-state index contributed by atoms with van der Waals surface area (Å²) in [6.07, 6.45) is 0. The van der Waals surface area contributed by atoms with E-state index in [0.717, 1.165) is 53.5 Å². The third kappa shape index (κ3) is 5.13. The number of esters is 1. The number of rotatable bonds is 4. The molecule has 1 N–H and O–H groups in total. The molecule has 1 aromatic heterocycles. The van der Waals surface area contributed by atoms with E-state index in [2.05, 4.69) is 21.2 Å². The van der Waals surface area contributed by atoms with E-state index in [4.69, 9.17) is 40.2 Å². The van der Waals surface area contributed by atoms with Crippen LogP contribution in [-0.4, -0.2) is 54.2 Å². The van der Waals surface area contributed by atoms with E-state index in [-0.39, 0.29) is 0 Å². The first kappa shape index (κ1) is 22.3. The van der Waals surface area contributed by atoms with E-state index >= 15 is 0 Å². The van der Waals surface area contributed by atoms with E-state index in [9.17, 15) is 4.79 Å². The first-order valence-corrected chi connectivity index (χ1v) is 11.8. The Bertz CT molecular complexity index is 1130. The summed E-state index contributed by atoms with van der Waals surface area (Å²) in [6, 6.07) is 13.8. The van der Waals surface area contributed by atoms with Gasteiger partial charge >= 0.3 is 5.97 Å². The second kappa shape index (κ2) is 9.71. The zero-order chi connectivity index (χ0) is 22.0. The number of hydrogen-bond acceptors (Lipinski definition) is 5. The normalized spacial score (nSPS) is 14.6. The summed E-state index contributed by atoms with van der Waals surface area (Å²) in [5, 5.41) is 6.04. The molecule has 1 fully saturated rings. The lowest BCUT2D eigenvalue weighted by Crippen LogP contribution is -2.49. The summed E-state index contributed by atoms with van der Waals surface area (Å²) < 4.78 is 5.71. The number of thiocarbonyl (C=S) groups is 1. The summed E-state index contributed by atoms with van der Waals surface area (Å²) in [5.74, 6) is -0.424. The largest absolute Gasteiger partial charge is 0.465 e. The number of fused-ring (bicyclic) bond motifs is 1. The van der Waals surface area contributed by atoms with Crippen molar-refractivity contribution in [1.82, 2.24) is 9.80 Å². The van der Waals surface area contributed by atoms with Gasteiger partial charge in [-0.2, -0.15) is 0 Å². The van der Waals surface area contributed by atoms with Crippen LogP contribution in [0.5, 0.6) is 0 Å². The predicted molar refractivity (Wildman–Crippen MR) is 133 cm³/mol. The molecule has 3 aromatic rings. The van der Waals surface area contributed by atoms with Crippen molar-refractivity contribution in [2.75, 3.05) is 38.6 Å². The van der Waals surface area contributed by atoms with Gasteiger partial charge in [-0.05, 0) is 48.1 Å². The molecule has 5 nitrogen and oxygen atoms in total. The minimum Gasteiger partial charge on any atom is -0.465 e. The summed E-state index contributed by atoms with van der Waals surface area (Å²) in [7, 11) is 1.35. The summed E-state index contributed by atoms with van der Waals surface area (Å²) in [5.41, 5.74) is 2.09. The molecule has 1 saturated heterocycles. The highest BCUT2D eigenvalue weighted by Crippen LogP contribution is 2.37. The molecule has 0 saturated carbocycles. The lowest BCUT2D eigenvalue weighted by atomic mass is 10.2. The van der Waals surface area contributed by atoms with Crippen molar-refractivity contribution in [2.24, 2.45) is 0 Å². The number of nitrogens with one attached hydrogen (secondary N) is 1. The van der Waals surface area contributed by atoms with Crippen LogP contribution in [0, 0.1) is 0 Å². The van der Waals surface area contributed by atoms with Crippen LogP contribution < -0.4 is 5.32 Å². The van der Waals surface area contributed by atoms with Gasteiger partial charge in [-0.3, -0.25) is 4.90 Å². The standard InChI is InChI=1S/C22H21Cl2N3O2S2/c1-29-21(28)20-19(24)17-6-5-16(12-18(17)31-20)25-22(30)27-9-7-26(8-10-27)13-14-3-2-4-15(23)11-14/h2-6,11-12H,7-10,13H2,1H3,(H,25,30). The van der Waals surface area contributed by atoms with Gasteiger partial charge in [0.15, 0.2) is 5.11 Å². The van der Waals surface area contributed by atoms with Crippen LogP contribution in [0.1, 0.15) is 15.2 Å². The Morgan fingerprint density at radius 1 is 1.16 bits per heavy atom. The molecule has 0 amide bonds. The van der Waals surface area contributed by atoms with Crippen LogP contribution in [-0.2, 0) is 11.3 Å². The number of halogens is 2. The van der Waals surface area contributed by atoms with Gasteiger partial charge in [0.25, 0.3) is 0 Å². The maximum absolute atomic E-state index is 11.9. The van der Waals surface area contributed by atoms with Crippen LogP contribution in [0.15, 0.2) is 42.5 Å². The third-order valence-corrected chi connectivity index (χ3v) is 7.44. The maximum atomic E-state index is 11.9. The van der Waals surface area contributed by atoms with E-state index in [1.54, 1.807) is 0 Å². The van der Waals surface area contributed by atoms with Gasteiger partial charge in [0.1, 0.15) is 4.88 Å². The average Bonchev–Trinajstić information content (AvgIpc) is 3.09. The van der Waals surface area contributed by atoms with Gasteiger partial charge in [0, 0.05) is 53.5 Å². The summed E-state index contributed by atoms with van der Waals surface area (Å²) >= 11 is 19.4. The Morgan fingerprint density at radius 2 is 1.94 bits per heavy atom. The van der Waals surface area contributed by atoms with Gasteiger partial charge < -0.3 is 15.0 Å². The highest BCUT2D eigenvalue weighted by Gasteiger charge is 2.20. The maximum Gasteiger partial charge on any atom is 0.349 e. The van der Waals surface area contributed by atoms with E-state index < -0.39 is 5.97 Å². The van der Waals surface area contributed by atoms with Gasteiger partial charge in [-0.25, -0.2) is 4.79 Å². The average molecular weight is 494 g/mol. The molecule has 31 heavy (non-hydrogen) atoms. The number of nitrogens with zero attached hydrogens (tertiary/aromatic N) is 2. The van der Waals surface area contributed by atoms with Crippen molar-refractivity contribution in [3.05, 3.63) is 63.0 Å². The number of hydrogen-bond donors (Lipinski definition) is 1. The number of anilines is 1. The predicted octanol–water partition coefficient (Wildman–Crippen LogP) is 5.51. The Balaban J connectivity index is 1.36. The van der Waals surface area contributed by atoms with Crippen LogP contribution in [0.2, 0.25) is 10.0 Å². The molecule has 2 aromatic carbocycles. The number of benzene rings is 2. The second-order valence-electron chi connectivity index (χ2n) is 7.27. The van der Waals surface area contributed by atoms with E-state index in [0.29, 0.717) is 15.0 Å². The Labute approximate surface area is 200 Å². The Morgan fingerprint density at radius 3 is 2.65 bits per heavy atom. The summed E-state index contributed by atoms with van der Waals surface area (Å²) in [6.45, 7) is 4.44. The number of methoxy groups -OCH3 is 1. The smallest absolute Gasteiger partial charge is 0.349 e. The number of carbonyl (C=O) groups excluding carboxylic acids is 1. The minimum absolute atomic E-state index is 0.412.